The molecule has 5 nitrogen and oxygen atoms in total. The van der Waals surface area contributed by atoms with E-state index in [0.29, 0.717) is 11.3 Å². The van der Waals surface area contributed by atoms with Crippen LogP contribution in [0.25, 0.3) is 0 Å². The van der Waals surface area contributed by atoms with Crippen molar-refractivity contribution >= 4 is 11.8 Å². The highest BCUT2D eigenvalue weighted by molar-refractivity contribution is 7.99. The average Bonchev–Trinajstić information content (AvgIpc) is 2.40. The zero-order valence-corrected chi connectivity index (χ0v) is 10.2. The summed E-state index contributed by atoms with van der Waals surface area (Å²) >= 11 is 1.21. The first-order chi connectivity index (χ1) is 8.63. The molecule has 0 aliphatic carbocycles. The fourth-order valence-electron chi connectivity index (χ4n) is 1.67. The van der Waals surface area contributed by atoms with Crippen molar-refractivity contribution in [3.8, 4) is 11.8 Å². The van der Waals surface area contributed by atoms with Gasteiger partial charge in [-0.2, -0.15) is 5.26 Å². The van der Waals surface area contributed by atoms with Gasteiger partial charge in [0.1, 0.15) is 24.0 Å². The highest BCUT2D eigenvalue weighted by Gasteiger charge is 2.38. The molecule has 0 unspecified atom stereocenters. The molecule has 18 heavy (non-hydrogen) atoms. The summed E-state index contributed by atoms with van der Waals surface area (Å²) in [6.07, 6.45) is -3.38. The van der Waals surface area contributed by atoms with Crippen LogP contribution in [-0.4, -0.2) is 44.8 Å². The fraction of sp³-hybridized carbons (Fsp3) is 0.417. The summed E-state index contributed by atoms with van der Waals surface area (Å²) in [6.45, 7) is 0. The van der Waals surface area contributed by atoms with Crippen molar-refractivity contribution in [1.82, 2.24) is 0 Å². The first-order valence-electron chi connectivity index (χ1n) is 5.45. The van der Waals surface area contributed by atoms with Crippen LogP contribution in [0.3, 0.4) is 0 Å². The third-order valence-electron chi connectivity index (χ3n) is 2.70. The van der Waals surface area contributed by atoms with Crippen LogP contribution in [-0.2, 0) is 0 Å². The minimum absolute atomic E-state index is 0.275. The molecule has 0 bridgehead atoms. The van der Waals surface area contributed by atoms with Gasteiger partial charge in [0.15, 0.2) is 5.44 Å². The first kappa shape index (κ1) is 13.2. The third-order valence-corrected chi connectivity index (χ3v) is 3.94. The lowest BCUT2D eigenvalue weighted by Crippen LogP contribution is -2.50. The maximum atomic E-state index is 9.79. The normalized spacial score (nSPS) is 31.7. The van der Waals surface area contributed by atoms with Crippen LogP contribution in [0.1, 0.15) is 5.56 Å². The standard InChI is InChI=1S/C12H13NO4S/c13-5-7-3-1-2-4-9(7)17-12-11(16)10(15)8(14)6-18-12/h1-4,8,10-12,14-16H,6H2/t8-,10+,11-,12-/m1/s1. The number of nitrogens with zero attached hydrogens (tertiary/aromatic N) is 1. The molecular formula is C12H13NO4S. The Morgan fingerprint density at radius 2 is 1.94 bits per heavy atom. The number of aliphatic hydroxyl groups excluding tert-OH is 3. The summed E-state index contributed by atoms with van der Waals surface area (Å²) in [6, 6.07) is 8.67. The number of hydrogen-bond donors (Lipinski definition) is 3. The Morgan fingerprint density at radius 1 is 1.22 bits per heavy atom. The van der Waals surface area contributed by atoms with Crippen molar-refractivity contribution in [2.24, 2.45) is 0 Å². The number of nitriles is 1. The van der Waals surface area contributed by atoms with E-state index < -0.39 is 23.7 Å². The molecule has 0 spiro atoms. The highest BCUT2D eigenvalue weighted by atomic mass is 32.2. The summed E-state index contributed by atoms with van der Waals surface area (Å²) in [5.41, 5.74) is -0.330. The summed E-state index contributed by atoms with van der Waals surface area (Å²) in [4.78, 5) is 0. The molecule has 0 amide bonds. The molecule has 1 aromatic rings. The van der Waals surface area contributed by atoms with Gasteiger partial charge in [0.25, 0.3) is 0 Å². The lowest BCUT2D eigenvalue weighted by molar-refractivity contribution is -0.0786. The van der Waals surface area contributed by atoms with Crippen molar-refractivity contribution in [2.45, 2.75) is 23.7 Å². The molecule has 3 N–H and O–H groups in total. The predicted octanol–water partition coefficient (Wildman–Crippen LogP) is 0.0927. The van der Waals surface area contributed by atoms with E-state index in [2.05, 4.69) is 0 Å². The lowest BCUT2D eigenvalue weighted by Gasteiger charge is -2.34. The fourth-order valence-corrected chi connectivity index (χ4v) is 2.78. The van der Waals surface area contributed by atoms with Crippen molar-refractivity contribution in [3.05, 3.63) is 29.8 Å². The van der Waals surface area contributed by atoms with E-state index in [9.17, 15) is 15.3 Å². The molecule has 0 aromatic heterocycles. The number of aliphatic hydroxyl groups is 3. The van der Waals surface area contributed by atoms with Gasteiger partial charge < -0.3 is 20.1 Å². The zero-order valence-electron chi connectivity index (χ0n) is 9.43. The first-order valence-corrected chi connectivity index (χ1v) is 6.50. The molecule has 1 heterocycles. The largest absolute Gasteiger partial charge is 0.476 e. The quantitative estimate of drug-likeness (QED) is 0.703. The van der Waals surface area contributed by atoms with Crippen LogP contribution in [0, 0.1) is 11.3 Å². The number of rotatable bonds is 2. The molecule has 0 saturated carbocycles. The third kappa shape index (κ3) is 2.60. The van der Waals surface area contributed by atoms with E-state index in [1.54, 1.807) is 24.3 Å². The topological polar surface area (TPSA) is 93.7 Å². The molecule has 1 aliphatic rings. The van der Waals surface area contributed by atoms with E-state index in [1.165, 1.54) is 11.8 Å². The highest BCUT2D eigenvalue weighted by Crippen LogP contribution is 2.30. The molecule has 1 aliphatic heterocycles. The smallest absolute Gasteiger partial charge is 0.173 e. The second-order valence-corrected chi connectivity index (χ2v) is 5.11. The molecule has 1 fully saturated rings. The monoisotopic (exact) mass is 267 g/mol. The molecule has 2 rings (SSSR count). The van der Waals surface area contributed by atoms with Gasteiger partial charge in [-0.3, -0.25) is 0 Å². The Bertz CT molecular complexity index is 462. The van der Waals surface area contributed by atoms with Gasteiger partial charge in [0, 0.05) is 5.75 Å². The minimum atomic E-state index is -1.23. The van der Waals surface area contributed by atoms with Gasteiger partial charge in [0.2, 0.25) is 0 Å². The summed E-state index contributed by atoms with van der Waals surface area (Å²) in [5.74, 6) is 0.637. The van der Waals surface area contributed by atoms with Gasteiger partial charge in [-0.05, 0) is 12.1 Å². The van der Waals surface area contributed by atoms with E-state index in [0.717, 1.165) is 0 Å². The van der Waals surface area contributed by atoms with Crippen LogP contribution in [0.4, 0.5) is 0 Å². The Kier molecular flexibility index (Phi) is 4.09. The average molecular weight is 267 g/mol. The Morgan fingerprint density at radius 3 is 2.67 bits per heavy atom. The second kappa shape index (κ2) is 5.59. The van der Waals surface area contributed by atoms with Crippen molar-refractivity contribution in [3.63, 3.8) is 0 Å². The van der Waals surface area contributed by atoms with Crippen molar-refractivity contribution in [1.29, 1.82) is 5.26 Å². The Balaban J connectivity index is 2.12. The van der Waals surface area contributed by atoms with Crippen LogP contribution >= 0.6 is 11.8 Å². The van der Waals surface area contributed by atoms with Gasteiger partial charge in [0.05, 0.1) is 11.7 Å². The second-order valence-electron chi connectivity index (χ2n) is 3.98. The Labute approximate surface area is 109 Å². The van der Waals surface area contributed by atoms with Crippen LogP contribution in [0.5, 0.6) is 5.75 Å². The molecular weight excluding hydrogens is 254 g/mol. The molecule has 4 atom stereocenters. The molecule has 96 valence electrons. The molecule has 1 saturated heterocycles. The Hall–Kier alpha value is -1.26. The van der Waals surface area contributed by atoms with Crippen LogP contribution < -0.4 is 4.74 Å². The number of para-hydroxylation sites is 1. The van der Waals surface area contributed by atoms with Crippen LogP contribution in [0.2, 0.25) is 0 Å². The molecule has 6 heteroatoms. The van der Waals surface area contributed by atoms with Crippen molar-refractivity contribution in [2.75, 3.05) is 5.75 Å². The minimum Gasteiger partial charge on any atom is -0.476 e. The summed E-state index contributed by atoms with van der Waals surface area (Å²) < 4.78 is 5.53. The lowest BCUT2D eigenvalue weighted by atomic mass is 10.1. The van der Waals surface area contributed by atoms with Crippen molar-refractivity contribution < 1.29 is 20.1 Å². The van der Waals surface area contributed by atoms with Gasteiger partial charge >= 0.3 is 0 Å². The van der Waals surface area contributed by atoms with E-state index in [4.69, 9.17) is 10.00 Å². The maximum Gasteiger partial charge on any atom is 0.173 e. The van der Waals surface area contributed by atoms with Gasteiger partial charge in [-0.25, -0.2) is 0 Å². The molecule has 0 radical (unpaired) electrons. The van der Waals surface area contributed by atoms with Gasteiger partial charge in [-0.15, -0.1) is 11.8 Å². The predicted molar refractivity (Wildman–Crippen MR) is 66.1 cm³/mol. The number of thioether (sulfide) groups is 1. The zero-order chi connectivity index (χ0) is 13.1. The summed E-state index contributed by atoms with van der Waals surface area (Å²) in [7, 11) is 0. The van der Waals surface area contributed by atoms with Gasteiger partial charge in [-0.1, -0.05) is 12.1 Å². The van der Waals surface area contributed by atoms with E-state index in [-0.39, 0.29) is 5.75 Å². The van der Waals surface area contributed by atoms with E-state index >= 15 is 0 Å². The number of ether oxygens (including phenoxy) is 1. The SMILES string of the molecule is N#Cc1ccccc1O[C@@H]1SC[C@@H](O)[C@H](O)[C@H]1O. The van der Waals surface area contributed by atoms with E-state index in [1.807, 2.05) is 6.07 Å². The molecule has 1 aromatic carbocycles. The number of benzene rings is 1. The number of hydrogen-bond acceptors (Lipinski definition) is 6. The van der Waals surface area contributed by atoms with Crippen LogP contribution in [0.15, 0.2) is 24.3 Å². The summed E-state index contributed by atoms with van der Waals surface area (Å²) in [5, 5.41) is 37.7. The maximum absolute atomic E-state index is 9.79.